The number of hydrogen-bond donors (Lipinski definition) is 1. The minimum Gasteiger partial charge on any atom is -0.508 e. The molecule has 0 unspecified atom stereocenters. The van der Waals surface area contributed by atoms with E-state index in [0.29, 0.717) is 5.57 Å². The third kappa shape index (κ3) is 3.46. The lowest BCUT2D eigenvalue weighted by Gasteiger charge is -2.51. The van der Waals surface area contributed by atoms with Gasteiger partial charge in [0.05, 0.1) is 31.7 Å². The second-order valence-electron chi connectivity index (χ2n) is 10.8. The van der Waals surface area contributed by atoms with E-state index >= 15 is 0 Å². The van der Waals surface area contributed by atoms with Crippen LogP contribution in [0.4, 0.5) is 10.1 Å². The normalized spacial score (nSPS) is 32.5. The summed E-state index contributed by atoms with van der Waals surface area (Å²) in [7, 11) is 4.13. The zero-order valence-electron chi connectivity index (χ0n) is 22.2. The molecule has 0 spiro atoms. The Balaban J connectivity index is 1.64. The van der Waals surface area contributed by atoms with Crippen molar-refractivity contribution in [3.05, 3.63) is 59.4 Å². The molecule has 9 nitrogen and oxygen atoms in total. The number of likely N-dealkylation sites (tertiary alicyclic amines) is 1. The predicted octanol–water partition coefficient (Wildman–Crippen LogP) is 3.74. The Morgan fingerprint density at radius 1 is 0.951 bits per heavy atom. The average Bonchev–Trinajstić information content (AvgIpc) is 3.26. The summed E-state index contributed by atoms with van der Waals surface area (Å²) in [6, 6.07) is 7.40. The van der Waals surface area contributed by atoms with Gasteiger partial charge in [-0.3, -0.25) is 24.1 Å². The summed E-state index contributed by atoms with van der Waals surface area (Å²) in [5.74, 6) is -6.36. The van der Waals surface area contributed by atoms with Crippen LogP contribution >= 0.6 is 23.2 Å². The first kappa shape index (κ1) is 27.5. The van der Waals surface area contributed by atoms with Crippen LogP contribution in [0.3, 0.4) is 0 Å². The largest absolute Gasteiger partial charge is 0.508 e. The van der Waals surface area contributed by atoms with Gasteiger partial charge in [-0.15, -0.1) is 23.2 Å². The summed E-state index contributed by atoms with van der Waals surface area (Å²) in [5, 5.41) is 10.4. The Bertz CT molecular complexity index is 1540. The van der Waals surface area contributed by atoms with Crippen molar-refractivity contribution < 1.29 is 38.1 Å². The second-order valence-corrected chi connectivity index (χ2v) is 12.0. The van der Waals surface area contributed by atoms with E-state index < -0.39 is 57.0 Å². The van der Waals surface area contributed by atoms with E-state index in [0.717, 1.165) is 21.9 Å². The number of nitrogens with zero attached hydrogens (tertiary/aromatic N) is 2. The number of imide groups is 2. The Hall–Kier alpha value is -3.63. The molecule has 6 atom stereocenters. The highest BCUT2D eigenvalue weighted by Crippen LogP contribution is 2.67. The molecule has 2 aliphatic heterocycles. The molecule has 2 aromatic carbocycles. The number of phenolic OH excluding ortho intramolecular Hbond substituents is 1. The highest BCUT2D eigenvalue weighted by Gasteiger charge is 2.77. The number of carbonyl (C=O) groups is 4. The fourth-order valence-corrected chi connectivity index (χ4v) is 8.00. The van der Waals surface area contributed by atoms with Gasteiger partial charge in [-0.1, -0.05) is 11.6 Å². The summed E-state index contributed by atoms with van der Waals surface area (Å²) in [6.07, 6.45) is 1.78. The standard InChI is InChI=1S/C29H25Cl2FN2O7/c1-33-24(36)17-9-8-16-18(21(17)25(33)37)12-28(30)26(38)34(14-6-4-13(32)5-7-14)27(39)29(28,31)23(16)22-19(40-2)10-15(35)11-20(22)41-3/h4-8,10-11,17-18,21,23,35H,9,12H2,1-3H3/t17-,18+,21-,23+,28+,29-/m0/s1. The van der Waals surface area contributed by atoms with Gasteiger partial charge in [0, 0.05) is 30.7 Å². The van der Waals surface area contributed by atoms with Crippen LogP contribution in [0.15, 0.2) is 48.0 Å². The zero-order valence-corrected chi connectivity index (χ0v) is 23.7. The van der Waals surface area contributed by atoms with Crippen LogP contribution in [0, 0.1) is 23.6 Å². The minimum atomic E-state index is -2.16. The summed E-state index contributed by atoms with van der Waals surface area (Å²) >= 11 is 14.6. The fourth-order valence-electron chi connectivity index (χ4n) is 7.08. The Morgan fingerprint density at radius 3 is 2.15 bits per heavy atom. The monoisotopic (exact) mass is 602 g/mol. The van der Waals surface area contributed by atoms with Crippen molar-refractivity contribution in [1.82, 2.24) is 4.90 Å². The highest BCUT2D eigenvalue weighted by atomic mass is 35.5. The van der Waals surface area contributed by atoms with Crippen LogP contribution in [0.2, 0.25) is 0 Å². The number of ether oxygens (including phenoxy) is 2. The van der Waals surface area contributed by atoms with E-state index in [9.17, 15) is 28.7 Å². The maximum atomic E-state index is 14.4. The van der Waals surface area contributed by atoms with Gasteiger partial charge >= 0.3 is 0 Å². The summed E-state index contributed by atoms with van der Waals surface area (Å²) in [4.78, 5) is 52.6. The van der Waals surface area contributed by atoms with Gasteiger partial charge < -0.3 is 14.6 Å². The molecule has 214 valence electrons. The SMILES string of the molecule is COc1cc(O)cc(OC)c1[C@H]1C2=CC[C@@H]3C(=O)N(C)C(=O)[C@@H]3[C@@H]2C[C@@]2(Cl)C(=O)N(c3ccc(F)cc3)C(=O)[C@@]12Cl. The lowest BCUT2D eigenvalue weighted by atomic mass is 9.56. The lowest BCUT2D eigenvalue weighted by molar-refractivity contribution is -0.138. The van der Waals surface area contributed by atoms with Crippen LogP contribution in [0.25, 0.3) is 0 Å². The number of benzene rings is 2. The van der Waals surface area contributed by atoms with Gasteiger partial charge in [0.1, 0.15) is 23.1 Å². The summed E-state index contributed by atoms with van der Waals surface area (Å²) in [5.41, 5.74) is 0.855. The van der Waals surface area contributed by atoms with E-state index in [-0.39, 0.29) is 47.2 Å². The van der Waals surface area contributed by atoms with Crippen LogP contribution in [-0.2, 0) is 19.2 Å². The van der Waals surface area contributed by atoms with Crippen LogP contribution in [-0.4, -0.2) is 64.7 Å². The molecule has 0 radical (unpaired) electrons. The van der Waals surface area contributed by atoms with Crippen LogP contribution in [0.1, 0.15) is 24.3 Å². The van der Waals surface area contributed by atoms with Gasteiger partial charge in [0.25, 0.3) is 11.8 Å². The van der Waals surface area contributed by atoms with Gasteiger partial charge in [-0.2, -0.15) is 0 Å². The number of amides is 4. The molecule has 3 fully saturated rings. The number of methoxy groups -OCH3 is 2. The highest BCUT2D eigenvalue weighted by molar-refractivity contribution is 6.58. The number of carbonyl (C=O) groups excluding carboxylic acids is 4. The van der Waals surface area contributed by atoms with E-state index in [4.69, 9.17) is 32.7 Å². The van der Waals surface area contributed by atoms with Gasteiger partial charge in [0.2, 0.25) is 11.8 Å². The van der Waals surface area contributed by atoms with E-state index in [1.54, 1.807) is 6.08 Å². The molecule has 0 bridgehead atoms. The first-order valence-electron chi connectivity index (χ1n) is 12.9. The fraction of sp³-hybridized carbons (Fsp3) is 0.379. The number of aromatic hydroxyl groups is 1. The third-order valence-electron chi connectivity index (χ3n) is 8.93. The number of alkyl halides is 2. The molecule has 1 saturated carbocycles. The molecular formula is C29H25Cl2FN2O7. The first-order chi connectivity index (χ1) is 19.4. The van der Waals surface area contributed by atoms with Crippen molar-refractivity contribution in [3.8, 4) is 17.2 Å². The molecule has 0 aromatic heterocycles. The summed E-state index contributed by atoms with van der Waals surface area (Å²) < 4.78 is 25.0. The van der Waals surface area contributed by atoms with Crippen molar-refractivity contribution in [3.63, 3.8) is 0 Å². The molecule has 2 saturated heterocycles. The molecule has 2 heterocycles. The molecular weight excluding hydrogens is 578 g/mol. The molecule has 4 aliphatic rings. The Morgan fingerprint density at radius 2 is 1.56 bits per heavy atom. The number of allylic oxidation sites excluding steroid dienone is 2. The predicted molar refractivity (Wildman–Crippen MR) is 146 cm³/mol. The third-order valence-corrected chi connectivity index (χ3v) is 10.3. The van der Waals surface area contributed by atoms with Crippen molar-refractivity contribution in [2.24, 2.45) is 17.8 Å². The van der Waals surface area contributed by atoms with Crippen LogP contribution in [0.5, 0.6) is 17.2 Å². The van der Waals surface area contributed by atoms with Crippen LogP contribution < -0.4 is 14.4 Å². The number of rotatable bonds is 4. The quantitative estimate of drug-likeness (QED) is 0.322. The number of halogens is 3. The minimum absolute atomic E-state index is 0.0703. The van der Waals surface area contributed by atoms with E-state index in [1.165, 1.54) is 45.5 Å². The molecule has 41 heavy (non-hydrogen) atoms. The Kier molecular flexibility index (Phi) is 6.17. The van der Waals surface area contributed by atoms with E-state index in [1.807, 2.05) is 0 Å². The smallest absolute Gasteiger partial charge is 0.258 e. The number of phenols is 1. The summed E-state index contributed by atoms with van der Waals surface area (Å²) in [6.45, 7) is 0. The molecule has 4 amide bonds. The molecule has 2 aliphatic carbocycles. The topological polar surface area (TPSA) is 113 Å². The number of anilines is 1. The molecule has 2 aromatic rings. The molecule has 1 N–H and O–H groups in total. The lowest BCUT2D eigenvalue weighted by Crippen LogP contribution is -2.60. The molecule has 12 heteroatoms. The van der Waals surface area contributed by atoms with Gasteiger partial charge in [-0.05, 0) is 43.0 Å². The van der Waals surface area contributed by atoms with Gasteiger partial charge in [-0.25, -0.2) is 9.29 Å². The zero-order chi connectivity index (χ0) is 29.6. The van der Waals surface area contributed by atoms with Crippen molar-refractivity contribution in [1.29, 1.82) is 0 Å². The van der Waals surface area contributed by atoms with Crippen molar-refractivity contribution in [2.45, 2.75) is 28.5 Å². The number of hydrogen-bond acceptors (Lipinski definition) is 7. The Labute approximate surface area is 244 Å². The maximum absolute atomic E-state index is 14.4. The first-order valence-corrected chi connectivity index (χ1v) is 13.6. The van der Waals surface area contributed by atoms with Crippen molar-refractivity contribution in [2.75, 3.05) is 26.2 Å². The van der Waals surface area contributed by atoms with Crippen molar-refractivity contribution >= 4 is 52.5 Å². The second kappa shape index (κ2) is 9.19. The molecule has 6 rings (SSSR count). The van der Waals surface area contributed by atoms with E-state index in [2.05, 4.69) is 0 Å². The van der Waals surface area contributed by atoms with Gasteiger partial charge in [0.15, 0.2) is 9.75 Å². The number of fused-ring (bicyclic) bond motifs is 4. The average molecular weight is 603 g/mol. The maximum Gasteiger partial charge on any atom is 0.258 e.